The quantitative estimate of drug-likeness (QED) is 0.845. The molecule has 3 rings (SSSR count). The highest BCUT2D eigenvalue weighted by atomic mass is 15.1. The van der Waals surface area contributed by atoms with Crippen LogP contribution in [0.25, 0.3) is 0 Å². The summed E-state index contributed by atoms with van der Waals surface area (Å²) >= 11 is 0. The van der Waals surface area contributed by atoms with E-state index >= 15 is 0 Å². The number of hydrogen-bond donors (Lipinski definition) is 1. The topological polar surface area (TPSA) is 37.8 Å². The number of anilines is 1. The van der Waals surface area contributed by atoms with Gasteiger partial charge in [0.2, 0.25) is 0 Å². The lowest BCUT2D eigenvalue weighted by molar-refractivity contribution is 0.700. The molecule has 1 N–H and O–H groups in total. The van der Waals surface area contributed by atoms with Crippen molar-refractivity contribution < 1.29 is 0 Å². The van der Waals surface area contributed by atoms with Gasteiger partial charge in [0, 0.05) is 23.2 Å². The minimum atomic E-state index is 0.280. The van der Waals surface area contributed by atoms with Crippen LogP contribution in [0.4, 0.5) is 5.82 Å². The van der Waals surface area contributed by atoms with Crippen LogP contribution in [0.15, 0.2) is 0 Å². The molecule has 3 heteroatoms. The van der Waals surface area contributed by atoms with Crippen LogP contribution in [-0.2, 0) is 18.3 Å². The van der Waals surface area contributed by atoms with Gasteiger partial charge in [-0.25, -0.2) is 9.97 Å². The number of aromatic nitrogens is 2. The van der Waals surface area contributed by atoms with E-state index in [0.717, 1.165) is 31.0 Å². The molecule has 0 radical (unpaired) electrons. The molecule has 1 heterocycles. The minimum absolute atomic E-state index is 0.280. The maximum Gasteiger partial charge on any atom is 0.136 e. The maximum atomic E-state index is 4.78. The van der Waals surface area contributed by atoms with Crippen LogP contribution >= 0.6 is 0 Å². The van der Waals surface area contributed by atoms with Gasteiger partial charge in [0.15, 0.2) is 0 Å². The molecule has 0 bridgehead atoms. The Balaban J connectivity index is 2.05. The number of rotatable bonds is 3. The van der Waals surface area contributed by atoms with Crippen LogP contribution in [0.1, 0.15) is 50.2 Å². The van der Waals surface area contributed by atoms with Crippen molar-refractivity contribution in [3.8, 4) is 0 Å². The largest absolute Gasteiger partial charge is 0.370 e. The first-order chi connectivity index (χ1) is 7.73. The molecule has 0 aliphatic heterocycles. The van der Waals surface area contributed by atoms with Gasteiger partial charge in [0.25, 0.3) is 0 Å². The summed E-state index contributed by atoms with van der Waals surface area (Å²) in [5, 5.41) is 3.40. The summed E-state index contributed by atoms with van der Waals surface area (Å²) in [6, 6.07) is 0. The van der Waals surface area contributed by atoms with E-state index in [1.165, 1.54) is 30.5 Å². The highest BCUT2D eigenvalue weighted by Crippen LogP contribution is 2.46. The van der Waals surface area contributed by atoms with Crippen molar-refractivity contribution in [2.24, 2.45) is 0 Å². The number of aryl methyl sites for hydroxylation is 1. The van der Waals surface area contributed by atoms with E-state index in [4.69, 9.17) is 9.97 Å². The van der Waals surface area contributed by atoms with Crippen molar-refractivity contribution >= 4 is 5.82 Å². The van der Waals surface area contributed by atoms with Crippen molar-refractivity contribution in [3.63, 3.8) is 0 Å². The Morgan fingerprint density at radius 3 is 2.75 bits per heavy atom. The zero-order valence-electron chi connectivity index (χ0n) is 10.1. The highest BCUT2D eigenvalue weighted by Gasteiger charge is 2.43. The van der Waals surface area contributed by atoms with E-state index < -0.39 is 0 Å². The third-order valence-corrected chi connectivity index (χ3v) is 3.82. The molecular weight excluding hydrogens is 198 g/mol. The molecule has 0 saturated heterocycles. The van der Waals surface area contributed by atoms with Crippen molar-refractivity contribution in [3.05, 3.63) is 17.1 Å². The van der Waals surface area contributed by atoms with Crippen LogP contribution in [0, 0.1) is 0 Å². The lowest BCUT2D eigenvalue weighted by atomic mass is 10.1. The standard InChI is InChI=1S/C13H19N3/c1-3-14-11-9-5-4-6-10(9)15-12(16-11)13(2)7-8-13/h3-8H2,1-2H3,(H,14,15,16). The predicted molar refractivity (Wildman–Crippen MR) is 64.8 cm³/mol. The lowest BCUT2D eigenvalue weighted by Crippen LogP contribution is -2.13. The number of hydrogen-bond acceptors (Lipinski definition) is 3. The Hall–Kier alpha value is -1.12. The molecule has 1 aromatic heterocycles. The molecule has 0 aromatic carbocycles. The summed E-state index contributed by atoms with van der Waals surface area (Å²) in [5.41, 5.74) is 2.95. The van der Waals surface area contributed by atoms with Crippen molar-refractivity contribution in [1.82, 2.24) is 9.97 Å². The molecule has 3 nitrogen and oxygen atoms in total. The summed E-state index contributed by atoms with van der Waals surface area (Å²) in [4.78, 5) is 9.52. The van der Waals surface area contributed by atoms with E-state index in [2.05, 4.69) is 19.2 Å². The van der Waals surface area contributed by atoms with Gasteiger partial charge >= 0.3 is 0 Å². The lowest BCUT2D eigenvalue weighted by Gasteiger charge is -2.13. The number of nitrogens with zero attached hydrogens (tertiary/aromatic N) is 2. The first-order valence-corrected chi connectivity index (χ1v) is 6.37. The molecule has 2 aliphatic carbocycles. The third-order valence-electron chi connectivity index (χ3n) is 3.82. The summed E-state index contributed by atoms with van der Waals surface area (Å²) in [6.45, 7) is 5.35. The van der Waals surface area contributed by atoms with Gasteiger partial charge in [-0.1, -0.05) is 6.92 Å². The third kappa shape index (κ3) is 1.49. The van der Waals surface area contributed by atoms with Gasteiger partial charge in [-0.3, -0.25) is 0 Å². The van der Waals surface area contributed by atoms with E-state index in [0.29, 0.717) is 0 Å². The molecule has 1 fully saturated rings. The van der Waals surface area contributed by atoms with Crippen molar-refractivity contribution in [2.75, 3.05) is 11.9 Å². The fourth-order valence-corrected chi connectivity index (χ4v) is 2.43. The van der Waals surface area contributed by atoms with Crippen molar-refractivity contribution in [2.45, 2.75) is 51.4 Å². The summed E-state index contributed by atoms with van der Waals surface area (Å²) in [7, 11) is 0. The highest BCUT2D eigenvalue weighted by molar-refractivity contribution is 5.49. The predicted octanol–water partition coefficient (Wildman–Crippen LogP) is 2.45. The molecule has 0 amide bonds. The Kier molecular flexibility index (Phi) is 2.16. The smallest absolute Gasteiger partial charge is 0.136 e. The molecule has 86 valence electrons. The second-order valence-corrected chi connectivity index (χ2v) is 5.27. The Morgan fingerprint density at radius 2 is 2.06 bits per heavy atom. The minimum Gasteiger partial charge on any atom is -0.370 e. The molecule has 0 atom stereocenters. The first-order valence-electron chi connectivity index (χ1n) is 6.37. The van der Waals surface area contributed by atoms with Crippen LogP contribution in [0.5, 0.6) is 0 Å². The van der Waals surface area contributed by atoms with Gasteiger partial charge in [0.05, 0.1) is 0 Å². The molecule has 2 aliphatic rings. The van der Waals surface area contributed by atoms with Gasteiger partial charge in [0.1, 0.15) is 11.6 Å². The van der Waals surface area contributed by atoms with E-state index in [1.54, 1.807) is 0 Å². The molecule has 0 spiro atoms. The Morgan fingerprint density at radius 1 is 1.25 bits per heavy atom. The summed E-state index contributed by atoms with van der Waals surface area (Å²) in [5.74, 6) is 2.18. The van der Waals surface area contributed by atoms with Crippen LogP contribution in [0.2, 0.25) is 0 Å². The van der Waals surface area contributed by atoms with Gasteiger partial charge in [-0.2, -0.15) is 0 Å². The van der Waals surface area contributed by atoms with E-state index in [9.17, 15) is 0 Å². The zero-order chi connectivity index (χ0) is 11.2. The van der Waals surface area contributed by atoms with Crippen LogP contribution < -0.4 is 5.32 Å². The second kappa shape index (κ2) is 3.44. The summed E-state index contributed by atoms with van der Waals surface area (Å²) in [6.07, 6.45) is 6.02. The average Bonchev–Trinajstić information content (AvgIpc) is 2.85. The van der Waals surface area contributed by atoms with Crippen LogP contribution in [0.3, 0.4) is 0 Å². The Labute approximate surface area is 96.7 Å². The van der Waals surface area contributed by atoms with Gasteiger partial charge in [-0.05, 0) is 39.0 Å². The normalized spacial score (nSPS) is 20.6. The Bertz CT molecular complexity index is 421. The fraction of sp³-hybridized carbons (Fsp3) is 0.692. The first kappa shape index (κ1) is 10.1. The zero-order valence-corrected chi connectivity index (χ0v) is 10.1. The average molecular weight is 217 g/mol. The van der Waals surface area contributed by atoms with Crippen molar-refractivity contribution in [1.29, 1.82) is 0 Å². The molecule has 0 unspecified atom stereocenters. The molecule has 16 heavy (non-hydrogen) atoms. The summed E-state index contributed by atoms with van der Waals surface area (Å²) < 4.78 is 0. The molecule has 1 saturated carbocycles. The number of fused-ring (bicyclic) bond motifs is 1. The monoisotopic (exact) mass is 217 g/mol. The number of nitrogens with one attached hydrogen (secondary N) is 1. The van der Waals surface area contributed by atoms with Gasteiger partial charge < -0.3 is 5.32 Å². The van der Waals surface area contributed by atoms with Gasteiger partial charge in [-0.15, -0.1) is 0 Å². The van der Waals surface area contributed by atoms with E-state index in [1.807, 2.05) is 0 Å². The van der Waals surface area contributed by atoms with Crippen LogP contribution in [-0.4, -0.2) is 16.5 Å². The SMILES string of the molecule is CCNc1nc(C2(C)CC2)nc2c1CCC2. The molecule has 1 aromatic rings. The fourth-order valence-electron chi connectivity index (χ4n) is 2.43. The van der Waals surface area contributed by atoms with E-state index in [-0.39, 0.29) is 5.41 Å². The second-order valence-electron chi connectivity index (χ2n) is 5.27. The maximum absolute atomic E-state index is 4.78. The molecular formula is C13H19N3.